The summed E-state index contributed by atoms with van der Waals surface area (Å²) in [7, 11) is 3.25. The molecule has 5 aromatic rings. The number of hydrogen-bond donors (Lipinski definition) is 3. The van der Waals surface area contributed by atoms with Crippen LogP contribution < -0.4 is 36.0 Å². The predicted octanol–water partition coefficient (Wildman–Crippen LogP) is 4.37. The van der Waals surface area contributed by atoms with Crippen molar-refractivity contribution in [3.63, 3.8) is 0 Å². The van der Waals surface area contributed by atoms with Crippen molar-refractivity contribution in [3.05, 3.63) is 63.8 Å². The summed E-state index contributed by atoms with van der Waals surface area (Å²) in [4.78, 5) is 69.0. The Hall–Kier alpha value is -5.95. The van der Waals surface area contributed by atoms with E-state index in [1.807, 2.05) is 43.9 Å². The number of imide groups is 1. The molecule has 3 fully saturated rings. The molecule has 17 nitrogen and oxygen atoms in total. The molecule has 3 saturated heterocycles. The smallest absolute Gasteiger partial charge is 0.294 e. The Labute approximate surface area is 360 Å². The zero-order valence-corrected chi connectivity index (χ0v) is 35.9. The van der Waals surface area contributed by atoms with Crippen molar-refractivity contribution >= 4 is 74.4 Å². The molecule has 62 heavy (non-hydrogen) atoms. The third kappa shape index (κ3) is 8.47. The third-order valence-corrected chi connectivity index (χ3v) is 12.3. The molecule has 328 valence electrons. The molecule has 4 aromatic heterocycles. The standard InChI is InChI=1S/C42H49ClF2N12O5/c1-23(2)57-38-25(15-33(40(57)61)62-21-35(59)46-4)14-27(17-47-38)49-37-31(43)18-48-41(51-37)55-13-12-54(24(3)19-55)20-26-10-11-56(22-42(26,44)45)28-6-7-29-32(16-28)53(5)52-36(29)30-8-9-34(58)50-39(30)60/h6-7,14-18,23-24,26,30H,8-13,19-22H2,1-5H3,(H,46,59)(H,48,49,51)(H,50,58,60)/t24-,26+,30?/m0/s1. The molecule has 3 amide bonds. The largest absolute Gasteiger partial charge is 0.478 e. The number of anilines is 4. The lowest BCUT2D eigenvalue weighted by Crippen LogP contribution is -2.57. The number of amides is 3. The number of likely N-dealkylation sites (N-methyl/N-ethyl adjacent to an activating group) is 1. The van der Waals surface area contributed by atoms with Crippen LogP contribution in [0.1, 0.15) is 57.7 Å². The van der Waals surface area contributed by atoms with Crippen molar-refractivity contribution in [1.82, 2.24) is 44.8 Å². The molecule has 1 unspecified atom stereocenters. The number of benzene rings is 1. The summed E-state index contributed by atoms with van der Waals surface area (Å²) >= 11 is 6.57. The minimum absolute atomic E-state index is 0.0159. The molecule has 0 radical (unpaired) electrons. The number of aryl methyl sites for hydroxylation is 1. The lowest BCUT2D eigenvalue weighted by Gasteiger charge is -2.45. The van der Waals surface area contributed by atoms with E-state index in [1.165, 1.54) is 17.8 Å². The van der Waals surface area contributed by atoms with Gasteiger partial charge in [0.05, 0.1) is 41.8 Å². The highest BCUT2D eigenvalue weighted by Gasteiger charge is 2.46. The van der Waals surface area contributed by atoms with Gasteiger partial charge in [-0.05, 0) is 63.9 Å². The average Bonchev–Trinajstić information content (AvgIpc) is 3.56. The second-order valence-corrected chi connectivity index (χ2v) is 16.9. The molecular weight excluding hydrogens is 826 g/mol. The fourth-order valence-corrected chi connectivity index (χ4v) is 8.78. The molecule has 0 aliphatic carbocycles. The van der Waals surface area contributed by atoms with Crippen LogP contribution >= 0.6 is 11.6 Å². The van der Waals surface area contributed by atoms with Gasteiger partial charge in [0.15, 0.2) is 18.2 Å². The highest BCUT2D eigenvalue weighted by Crippen LogP contribution is 2.39. The van der Waals surface area contributed by atoms with Crippen LogP contribution in [-0.2, 0) is 21.4 Å². The first-order valence-corrected chi connectivity index (χ1v) is 21.1. The Morgan fingerprint density at radius 2 is 1.87 bits per heavy atom. The highest BCUT2D eigenvalue weighted by molar-refractivity contribution is 6.33. The van der Waals surface area contributed by atoms with Crippen LogP contribution in [0, 0.1) is 5.92 Å². The van der Waals surface area contributed by atoms with Gasteiger partial charge in [0, 0.05) is 87.7 Å². The number of hydrogen-bond acceptors (Lipinski definition) is 13. The van der Waals surface area contributed by atoms with Crippen LogP contribution in [0.2, 0.25) is 5.02 Å². The van der Waals surface area contributed by atoms with Crippen LogP contribution in [-0.4, -0.2) is 117 Å². The van der Waals surface area contributed by atoms with Crippen molar-refractivity contribution < 1.29 is 27.9 Å². The Morgan fingerprint density at radius 1 is 1.06 bits per heavy atom. The van der Waals surface area contributed by atoms with Crippen LogP contribution in [0.25, 0.3) is 21.9 Å². The van der Waals surface area contributed by atoms with Gasteiger partial charge in [0.2, 0.25) is 17.8 Å². The summed E-state index contributed by atoms with van der Waals surface area (Å²) in [5, 5.41) is 14.3. The summed E-state index contributed by atoms with van der Waals surface area (Å²) in [6.07, 6.45) is 4.01. The van der Waals surface area contributed by atoms with Gasteiger partial charge in [-0.15, -0.1) is 0 Å². The van der Waals surface area contributed by atoms with E-state index in [0.29, 0.717) is 78.9 Å². The Balaban J connectivity index is 0.908. The van der Waals surface area contributed by atoms with E-state index in [1.54, 1.807) is 35.0 Å². The first-order chi connectivity index (χ1) is 29.6. The second kappa shape index (κ2) is 17.1. The van der Waals surface area contributed by atoms with E-state index in [9.17, 15) is 19.2 Å². The van der Waals surface area contributed by atoms with Gasteiger partial charge < -0.3 is 25.2 Å². The number of alkyl halides is 2. The summed E-state index contributed by atoms with van der Waals surface area (Å²) in [6, 6.07) is 8.53. The molecule has 3 aliphatic heterocycles. The fraction of sp³-hybridized carbons (Fsp3) is 0.476. The van der Waals surface area contributed by atoms with Gasteiger partial charge >= 0.3 is 0 Å². The van der Waals surface area contributed by atoms with Gasteiger partial charge in [0.1, 0.15) is 10.7 Å². The van der Waals surface area contributed by atoms with E-state index in [0.717, 1.165) is 10.9 Å². The van der Waals surface area contributed by atoms with Crippen molar-refractivity contribution in [2.24, 2.45) is 13.0 Å². The maximum absolute atomic E-state index is 16.0. The average molecular weight is 875 g/mol. The zero-order chi connectivity index (χ0) is 44.0. The lowest BCUT2D eigenvalue weighted by atomic mass is 9.90. The van der Waals surface area contributed by atoms with E-state index in [-0.39, 0.29) is 60.1 Å². The first kappa shape index (κ1) is 42.7. The third-order valence-electron chi connectivity index (χ3n) is 12.0. The first-order valence-electron chi connectivity index (χ1n) is 20.7. The van der Waals surface area contributed by atoms with Crippen molar-refractivity contribution in [2.75, 3.05) is 68.0 Å². The minimum Gasteiger partial charge on any atom is -0.478 e. The number of fused-ring (bicyclic) bond motifs is 2. The molecule has 8 rings (SSSR count). The number of rotatable bonds is 11. The van der Waals surface area contributed by atoms with Crippen molar-refractivity contribution in [1.29, 1.82) is 0 Å². The van der Waals surface area contributed by atoms with Crippen LogP contribution in [0.15, 0.2) is 47.5 Å². The van der Waals surface area contributed by atoms with Gasteiger partial charge in [0.25, 0.3) is 17.4 Å². The molecule has 3 aliphatic rings. The summed E-state index contributed by atoms with van der Waals surface area (Å²) in [5.74, 6) is -4.58. The molecule has 3 atom stereocenters. The van der Waals surface area contributed by atoms with E-state index < -0.39 is 29.9 Å². The Morgan fingerprint density at radius 3 is 2.60 bits per heavy atom. The molecule has 3 N–H and O–H groups in total. The number of nitrogens with zero attached hydrogens (tertiary/aromatic N) is 9. The van der Waals surface area contributed by atoms with E-state index in [2.05, 4.69) is 35.9 Å². The summed E-state index contributed by atoms with van der Waals surface area (Å²) in [5.41, 5.74) is 2.56. The number of piperazine rings is 1. The normalized spacial score (nSPS) is 20.8. The molecule has 20 heteroatoms. The van der Waals surface area contributed by atoms with Gasteiger partial charge in [-0.3, -0.25) is 38.6 Å². The maximum Gasteiger partial charge on any atom is 0.294 e. The number of pyridine rings is 2. The number of carbonyl (C=O) groups excluding carboxylic acids is 3. The number of piperidine rings is 2. The number of ether oxygens (including phenoxy) is 1. The van der Waals surface area contributed by atoms with Crippen LogP contribution in [0.3, 0.4) is 0 Å². The van der Waals surface area contributed by atoms with Crippen LogP contribution in [0.5, 0.6) is 5.75 Å². The summed E-state index contributed by atoms with van der Waals surface area (Å²) < 4.78 is 40.8. The molecular formula is C42H49ClF2N12O5. The quantitative estimate of drug-likeness (QED) is 0.159. The molecule has 7 heterocycles. The molecule has 1 aromatic carbocycles. The van der Waals surface area contributed by atoms with Crippen molar-refractivity contribution in [3.8, 4) is 5.75 Å². The number of aromatic nitrogens is 6. The van der Waals surface area contributed by atoms with E-state index >= 15 is 8.78 Å². The topological polar surface area (TPSA) is 185 Å². The Kier molecular flexibility index (Phi) is 11.8. The van der Waals surface area contributed by atoms with Gasteiger partial charge in [-0.2, -0.15) is 10.1 Å². The molecule has 0 bridgehead atoms. The summed E-state index contributed by atoms with van der Waals surface area (Å²) in [6.45, 7) is 7.28. The molecule has 0 saturated carbocycles. The predicted molar refractivity (Wildman–Crippen MR) is 231 cm³/mol. The maximum atomic E-state index is 16.0. The zero-order valence-electron chi connectivity index (χ0n) is 35.1. The Bertz CT molecular complexity index is 2620. The number of nitrogens with one attached hydrogen (secondary N) is 3. The van der Waals surface area contributed by atoms with Gasteiger partial charge in [-0.25, -0.2) is 18.7 Å². The fourth-order valence-electron chi connectivity index (χ4n) is 8.64. The molecule has 0 spiro atoms. The number of carbonyl (C=O) groups is 3. The van der Waals surface area contributed by atoms with Crippen LogP contribution in [0.4, 0.5) is 31.9 Å². The second-order valence-electron chi connectivity index (χ2n) is 16.5. The lowest BCUT2D eigenvalue weighted by molar-refractivity contribution is -0.134. The SMILES string of the molecule is CNC(=O)COc1cc2cc(Nc3nc(N4CCN(C[C@H]5CCN(c6ccc7c(C8CCC(=O)NC8=O)nn(C)c7c6)CC5(F)F)[C@@H](C)C4)ncc3Cl)cnc2n(C(C)C)c1=O. The monoisotopic (exact) mass is 874 g/mol. The minimum atomic E-state index is -2.95. The highest BCUT2D eigenvalue weighted by atomic mass is 35.5. The number of halogens is 3. The van der Waals surface area contributed by atoms with E-state index in [4.69, 9.17) is 21.3 Å². The van der Waals surface area contributed by atoms with Crippen molar-refractivity contribution in [2.45, 2.75) is 64.0 Å². The van der Waals surface area contributed by atoms with Gasteiger partial charge in [-0.1, -0.05) is 11.6 Å².